The van der Waals surface area contributed by atoms with E-state index >= 15 is 0 Å². The number of rotatable bonds is 5. The average Bonchev–Trinajstić information content (AvgIpc) is 3.04. The third-order valence-corrected chi connectivity index (χ3v) is 4.76. The van der Waals surface area contributed by atoms with Crippen LogP contribution in [-0.2, 0) is 22.6 Å². The Morgan fingerprint density at radius 2 is 1.95 bits per heavy atom. The van der Waals surface area contributed by atoms with Crippen molar-refractivity contribution in [1.82, 2.24) is 5.32 Å². The van der Waals surface area contributed by atoms with Gasteiger partial charge in [-0.3, -0.25) is 14.9 Å². The van der Waals surface area contributed by atoms with Gasteiger partial charge in [-0.25, -0.2) is 0 Å². The van der Waals surface area contributed by atoms with Crippen molar-refractivity contribution in [3.63, 3.8) is 0 Å². The molecule has 1 fully saturated rings. The fourth-order valence-corrected chi connectivity index (χ4v) is 3.41. The van der Waals surface area contributed by atoms with Gasteiger partial charge in [0, 0.05) is 28.4 Å². The van der Waals surface area contributed by atoms with Crippen molar-refractivity contribution in [2.45, 2.75) is 26.3 Å². The Kier molecular flexibility index (Phi) is 4.24. The van der Waals surface area contributed by atoms with Crippen LogP contribution in [-0.4, -0.2) is 11.8 Å². The minimum atomic E-state index is -0.222. The van der Waals surface area contributed by atoms with Crippen LogP contribution in [0.5, 0.6) is 0 Å². The summed E-state index contributed by atoms with van der Waals surface area (Å²) in [5.74, 6) is -0.541. The Labute approximate surface area is 133 Å². The Morgan fingerprint density at radius 1 is 1.18 bits per heavy atom. The van der Waals surface area contributed by atoms with Gasteiger partial charge < -0.3 is 5.32 Å². The summed E-state index contributed by atoms with van der Waals surface area (Å²) in [6.07, 6.45) is 0.915. The largest absolute Gasteiger partial charge is 0.380 e. The lowest BCUT2D eigenvalue weighted by molar-refractivity contribution is -0.125. The van der Waals surface area contributed by atoms with Gasteiger partial charge in [0.25, 0.3) is 0 Å². The molecule has 0 bridgehead atoms. The summed E-state index contributed by atoms with van der Waals surface area (Å²) in [4.78, 5) is 25.4. The molecule has 4 nitrogen and oxygen atoms in total. The molecule has 1 aromatic heterocycles. The number of anilines is 1. The Balaban J connectivity index is 1.56. The molecule has 0 saturated carbocycles. The maximum absolute atomic E-state index is 11.6. The third-order valence-electron chi connectivity index (χ3n) is 3.76. The molecule has 1 aromatic carbocycles. The summed E-state index contributed by atoms with van der Waals surface area (Å²) in [7, 11) is 0. The number of carbonyl (C=O) groups is 2. The zero-order chi connectivity index (χ0) is 15.5. The predicted molar refractivity (Wildman–Crippen MR) is 87.8 cm³/mol. The Hall–Kier alpha value is -2.14. The van der Waals surface area contributed by atoms with E-state index in [1.165, 1.54) is 9.75 Å². The van der Waals surface area contributed by atoms with Crippen molar-refractivity contribution in [2.75, 3.05) is 5.32 Å². The maximum atomic E-state index is 11.6. The molecule has 1 unspecified atom stereocenters. The van der Waals surface area contributed by atoms with E-state index in [1.807, 2.05) is 24.3 Å². The number of nitrogens with one attached hydrogen (secondary N) is 2. The highest BCUT2D eigenvalue weighted by Gasteiger charge is 2.30. The second kappa shape index (κ2) is 6.32. The molecule has 1 aliphatic rings. The first-order valence-electron chi connectivity index (χ1n) is 7.32. The molecule has 22 heavy (non-hydrogen) atoms. The Morgan fingerprint density at radius 3 is 2.55 bits per heavy atom. The first-order valence-corrected chi connectivity index (χ1v) is 8.13. The van der Waals surface area contributed by atoms with E-state index in [4.69, 9.17) is 0 Å². The van der Waals surface area contributed by atoms with Crippen molar-refractivity contribution in [3.8, 4) is 0 Å². The summed E-state index contributed by atoms with van der Waals surface area (Å²) in [5, 5.41) is 5.74. The smallest absolute Gasteiger partial charge is 0.230 e. The third kappa shape index (κ3) is 3.54. The minimum Gasteiger partial charge on any atom is -0.380 e. The molecule has 1 saturated heterocycles. The van der Waals surface area contributed by atoms with Gasteiger partial charge in [-0.1, -0.05) is 12.1 Å². The number of carbonyl (C=O) groups excluding carboxylic acids is 2. The zero-order valence-electron chi connectivity index (χ0n) is 12.4. The van der Waals surface area contributed by atoms with Crippen LogP contribution >= 0.6 is 11.3 Å². The number of amides is 2. The molecule has 0 spiro atoms. The normalized spacial score (nSPS) is 17.6. The summed E-state index contributed by atoms with van der Waals surface area (Å²) in [5.41, 5.74) is 2.13. The van der Waals surface area contributed by atoms with Crippen LogP contribution in [0.1, 0.15) is 21.7 Å². The molecule has 1 atom stereocenters. The molecular formula is C17H18N2O2S. The standard InChI is InChI=1S/C17H18N2O2S/c1-11-2-7-15(22-11)10-18-14-5-3-12(4-6-14)8-13-9-16(20)19-17(13)21/h2-7,13,18H,8-10H2,1H3,(H,19,20,21). The van der Waals surface area contributed by atoms with Crippen molar-refractivity contribution >= 4 is 28.8 Å². The highest BCUT2D eigenvalue weighted by Crippen LogP contribution is 2.20. The van der Waals surface area contributed by atoms with E-state index in [1.54, 1.807) is 11.3 Å². The highest BCUT2D eigenvalue weighted by molar-refractivity contribution is 7.11. The predicted octanol–water partition coefficient (Wildman–Crippen LogP) is 2.87. The monoisotopic (exact) mass is 314 g/mol. The van der Waals surface area contributed by atoms with Crippen LogP contribution in [0.3, 0.4) is 0 Å². The quantitative estimate of drug-likeness (QED) is 0.834. The molecule has 2 aromatic rings. The highest BCUT2D eigenvalue weighted by atomic mass is 32.1. The van der Waals surface area contributed by atoms with Crippen molar-refractivity contribution in [2.24, 2.45) is 5.92 Å². The fourth-order valence-electron chi connectivity index (χ4n) is 2.58. The van der Waals surface area contributed by atoms with Crippen molar-refractivity contribution in [3.05, 3.63) is 51.7 Å². The molecule has 2 amide bonds. The summed E-state index contributed by atoms with van der Waals surface area (Å²) in [6.45, 7) is 2.92. The number of imide groups is 1. The topological polar surface area (TPSA) is 58.2 Å². The molecule has 0 aliphatic carbocycles. The van der Waals surface area contributed by atoms with Crippen LogP contribution in [0, 0.1) is 12.8 Å². The number of thiophene rings is 1. The number of benzene rings is 1. The van der Waals surface area contributed by atoms with E-state index in [-0.39, 0.29) is 17.7 Å². The lowest BCUT2D eigenvalue weighted by atomic mass is 9.98. The van der Waals surface area contributed by atoms with Crippen molar-refractivity contribution in [1.29, 1.82) is 0 Å². The van der Waals surface area contributed by atoms with Gasteiger partial charge in [-0.15, -0.1) is 11.3 Å². The van der Waals surface area contributed by atoms with Gasteiger partial charge in [0.2, 0.25) is 11.8 Å². The Bertz CT molecular complexity index is 691. The van der Waals surface area contributed by atoms with Crippen LogP contribution in [0.25, 0.3) is 0 Å². The van der Waals surface area contributed by atoms with Crippen LogP contribution < -0.4 is 10.6 Å². The van der Waals surface area contributed by atoms with Gasteiger partial charge in [0.15, 0.2) is 0 Å². The number of hydrogen-bond acceptors (Lipinski definition) is 4. The van der Waals surface area contributed by atoms with Gasteiger partial charge in [-0.2, -0.15) is 0 Å². The first kappa shape index (κ1) is 14.8. The van der Waals surface area contributed by atoms with E-state index in [0.717, 1.165) is 17.8 Å². The van der Waals surface area contributed by atoms with E-state index < -0.39 is 0 Å². The number of aryl methyl sites for hydroxylation is 1. The van der Waals surface area contributed by atoms with E-state index in [2.05, 4.69) is 29.7 Å². The minimum absolute atomic E-state index is 0.153. The number of hydrogen-bond donors (Lipinski definition) is 2. The molecule has 2 N–H and O–H groups in total. The molecule has 3 rings (SSSR count). The second-order valence-corrected chi connectivity index (χ2v) is 6.95. The van der Waals surface area contributed by atoms with Gasteiger partial charge in [0.05, 0.1) is 5.92 Å². The SMILES string of the molecule is Cc1ccc(CNc2ccc(CC3CC(=O)NC3=O)cc2)s1. The molecule has 114 valence electrons. The summed E-state index contributed by atoms with van der Waals surface area (Å²) < 4.78 is 0. The zero-order valence-corrected chi connectivity index (χ0v) is 13.2. The molecule has 5 heteroatoms. The molecule has 1 aliphatic heterocycles. The van der Waals surface area contributed by atoms with Gasteiger partial charge >= 0.3 is 0 Å². The van der Waals surface area contributed by atoms with Crippen LogP contribution in [0.4, 0.5) is 5.69 Å². The lowest BCUT2D eigenvalue weighted by Crippen LogP contribution is -2.22. The molecular weight excluding hydrogens is 296 g/mol. The van der Waals surface area contributed by atoms with Crippen molar-refractivity contribution < 1.29 is 9.59 Å². The second-order valence-electron chi connectivity index (χ2n) is 5.58. The van der Waals surface area contributed by atoms with Gasteiger partial charge in [-0.05, 0) is 43.2 Å². The molecule has 2 heterocycles. The summed E-state index contributed by atoms with van der Waals surface area (Å²) >= 11 is 1.79. The lowest BCUT2D eigenvalue weighted by Gasteiger charge is -2.08. The van der Waals surface area contributed by atoms with E-state index in [9.17, 15) is 9.59 Å². The fraction of sp³-hybridized carbons (Fsp3) is 0.294. The first-order chi connectivity index (χ1) is 10.6. The van der Waals surface area contributed by atoms with Crippen LogP contribution in [0.15, 0.2) is 36.4 Å². The van der Waals surface area contributed by atoms with Crippen LogP contribution in [0.2, 0.25) is 0 Å². The summed E-state index contributed by atoms with van der Waals surface area (Å²) in [6, 6.07) is 12.3. The van der Waals surface area contributed by atoms with Gasteiger partial charge in [0.1, 0.15) is 0 Å². The molecule has 0 radical (unpaired) electrons. The maximum Gasteiger partial charge on any atom is 0.230 e. The van der Waals surface area contributed by atoms with E-state index in [0.29, 0.717) is 12.8 Å². The average molecular weight is 314 g/mol.